The summed E-state index contributed by atoms with van der Waals surface area (Å²) in [5.74, 6) is 2.63. The fraction of sp³-hybridized carbons (Fsp3) is 0.600. The van der Waals surface area contributed by atoms with E-state index >= 15 is 0 Å². The summed E-state index contributed by atoms with van der Waals surface area (Å²) in [6.45, 7) is 6.80. The molecule has 0 fully saturated rings. The highest BCUT2D eigenvalue weighted by Gasteiger charge is 1.95. The van der Waals surface area contributed by atoms with Gasteiger partial charge in [-0.2, -0.15) is 0 Å². The minimum atomic E-state index is 0.449. The van der Waals surface area contributed by atoms with Gasteiger partial charge >= 0.3 is 0 Å². The van der Waals surface area contributed by atoms with E-state index in [0.717, 1.165) is 25.8 Å². The molecular weight excluding hydrogens is 134 g/mol. The van der Waals surface area contributed by atoms with E-state index in [4.69, 9.17) is 6.42 Å². The van der Waals surface area contributed by atoms with Gasteiger partial charge in [0.15, 0.2) is 0 Å². The zero-order valence-corrected chi connectivity index (χ0v) is 7.27. The van der Waals surface area contributed by atoms with Crippen LogP contribution >= 0.6 is 0 Å². The minimum absolute atomic E-state index is 0.449. The molecule has 0 aliphatic carbocycles. The molecule has 0 radical (unpaired) electrons. The normalized spacial score (nSPS) is 12.0. The second-order valence-corrected chi connectivity index (χ2v) is 2.69. The van der Waals surface area contributed by atoms with E-state index in [1.54, 1.807) is 0 Å². The van der Waals surface area contributed by atoms with Crippen molar-refractivity contribution in [2.75, 3.05) is 6.54 Å². The fourth-order valence-corrected chi connectivity index (χ4v) is 0.844. The van der Waals surface area contributed by atoms with Gasteiger partial charge in [0.05, 0.1) is 0 Å². The molecule has 11 heavy (non-hydrogen) atoms. The molecule has 0 aromatic rings. The van der Waals surface area contributed by atoms with Crippen LogP contribution in [0.4, 0.5) is 0 Å². The third-order valence-electron chi connectivity index (χ3n) is 1.50. The number of allylic oxidation sites excluding steroid dienone is 1. The van der Waals surface area contributed by atoms with Gasteiger partial charge in [-0.1, -0.05) is 6.08 Å². The average Bonchev–Trinajstić information content (AvgIpc) is 1.99. The molecule has 0 saturated carbocycles. The van der Waals surface area contributed by atoms with E-state index in [-0.39, 0.29) is 0 Å². The van der Waals surface area contributed by atoms with Crippen molar-refractivity contribution >= 4 is 0 Å². The first-order valence-electron chi connectivity index (χ1n) is 4.09. The molecule has 0 amide bonds. The van der Waals surface area contributed by atoms with Gasteiger partial charge in [-0.15, -0.1) is 18.9 Å². The SMILES string of the molecule is C#CCC(C)NCCCC=C. The molecule has 0 aromatic heterocycles. The zero-order chi connectivity index (χ0) is 8.53. The smallest absolute Gasteiger partial charge is 0.0238 e. The number of hydrogen-bond donors (Lipinski definition) is 1. The molecule has 0 rings (SSSR count). The maximum Gasteiger partial charge on any atom is 0.0238 e. The van der Waals surface area contributed by atoms with Gasteiger partial charge in [0.2, 0.25) is 0 Å². The Morgan fingerprint density at radius 2 is 2.45 bits per heavy atom. The molecule has 0 aliphatic heterocycles. The number of rotatable bonds is 6. The van der Waals surface area contributed by atoms with Gasteiger partial charge in [0.1, 0.15) is 0 Å². The van der Waals surface area contributed by atoms with Crippen molar-refractivity contribution in [1.29, 1.82) is 0 Å². The van der Waals surface area contributed by atoms with Crippen LogP contribution in [0.15, 0.2) is 12.7 Å². The fourth-order valence-electron chi connectivity index (χ4n) is 0.844. The van der Waals surface area contributed by atoms with Gasteiger partial charge in [-0.05, 0) is 26.3 Å². The van der Waals surface area contributed by atoms with Crippen molar-refractivity contribution in [2.45, 2.75) is 32.2 Å². The Morgan fingerprint density at radius 1 is 1.73 bits per heavy atom. The maximum atomic E-state index is 5.15. The molecule has 0 bridgehead atoms. The van der Waals surface area contributed by atoms with E-state index < -0.39 is 0 Å². The van der Waals surface area contributed by atoms with E-state index in [0.29, 0.717) is 6.04 Å². The van der Waals surface area contributed by atoms with Crippen molar-refractivity contribution < 1.29 is 0 Å². The summed E-state index contributed by atoms with van der Waals surface area (Å²) in [7, 11) is 0. The quantitative estimate of drug-likeness (QED) is 0.347. The van der Waals surface area contributed by atoms with Crippen LogP contribution in [-0.2, 0) is 0 Å². The average molecular weight is 151 g/mol. The van der Waals surface area contributed by atoms with Crippen molar-refractivity contribution in [3.8, 4) is 12.3 Å². The lowest BCUT2D eigenvalue weighted by molar-refractivity contribution is 0.548. The summed E-state index contributed by atoms with van der Waals surface area (Å²) in [5.41, 5.74) is 0. The first-order valence-corrected chi connectivity index (χ1v) is 4.09. The third-order valence-corrected chi connectivity index (χ3v) is 1.50. The van der Waals surface area contributed by atoms with E-state index in [1.807, 2.05) is 6.08 Å². The largest absolute Gasteiger partial charge is 0.313 e. The summed E-state index contributed by atoms with van der Waals surface area (Å²) >= 11 is 0. The Balaban J connectivity index is 3.11. The molecule has 1 unspecified atom stereocenters. The molecule has 1 heteroatoms. The van der Waals surface area contributed by atoms with Crippen LogP contribution in [0.5, 0.6) is 0 Å². The number of terminal acetylenes is 1. The van der Waals surface area contributed by atoms with Crippen LogP contribution in [0.1, 0.15) is 26.2 Å². The molecule has 62 valence electrons. The highest BCUT2D eigenvalue weighted by atomic mass is 14.9. The van der Waals surface area contributed by atoms with Gasteiger partial charge < -0.3 is 5.32 Å². The number of unbranched alkanes of at least 4 members (excludes halogenated alkanes) is 1. The molecule has 0 heterocycles. The Morgan fingerprint density at radius 3 is 3.00 bits per heavy atom. The van der Waals surface area contributed by atoms with Crippen molar-refractivity contribution in [2.24, 2.45) is 0 Å². The molecule has 0 saturated heterocycles. The highest BCUT2D eigenvalue weighted by molar-refractivity contribution is 4.87. The predicted molar refractivity (Wildman–Crippen MR) is 50.3 cm³/mol. The first kappa shape index (κ1) is 10.3. The molecular formula is C10H17N. The highest BCUT2D eigenvalue weighted by Crippen LogP contribution is 1.90. The Bertz CT molecular complexity index is 132. The Kier molecular flexibility index (Phi) is 6.87. The lowest BCUT2D eigenvalue weighted by Gasteiger charge is -2.08. The zero-order valence-electron chi connectivity index (χ0n) is 7.27. The van der Waals surface area contributed by atoms with E-state index in [9.17, 15) is 0 Å². The molecule has 1 nitrogen and oxygen atoms in total. The molecule has 0 spiro atoms. The summed E-state index contributed by atoms with van der Waals surface area (Å²) in [4.78, 5) is 0. The lowest BCUT2D eigenvalue weighted by atomic mass is 10.2. The van der Waals surface area contributed by atoms with E-state index in [1.165, 1.54) is 0 Å². The first-order chi connectivity index (χ1) is 5.31. The topological polar surface area (TPSA) is 12.0 Å². The van der Waals surface area contributed by atoms with Crippen LogP contribution in [-0.4, -0.2) is 12.6 Å². The van der Waals surface area contributed by atoms with Crippen molar-refractivity contribution in [1.82, 2.24) is 5.32 Å². The summed E-state index contributed by atoms with van der Waals surface area (Å²) in [5, 5.41) is 3.33. The minimum Gasteiger partial charge on any atom is -0.313 e. The lowest BCUT2D eigenvalue weighted by Crippen LogP contribution is -2.26. The second-order valence-electron chi connectivity index (χ2n) is 2.69. The second kappa shape index (κ2) is 7.37. The Hall–Kier alpha value is -0.740. The number of hydrogen-bond acceptors (Lipinski definition) is 1. The molecule has 0 aliphatic rings. The number of nitrogens with one attached hydrogen (secondary N) is 1. The third kappa shape index (κ3) is 7.15. The van der Waals surface area contributed by atoms with Crippen LogP contribution in [0, 0.1) is 12.3 Å². The predicted octanol–water partition coefficient (Wildman–Crippen LogP) is 1.95. The van der Waals surface area contributed by atoms with Crippen LogP contribution < -0.4 is 5.32 Å². The monoisotopic (exact) mass is 151 g/mol. The molecule has 1 atom stereocenters. The van der Waals surface area contributed by atoms with Crippen molar-refractivity contribution in [3.05, 3.63) is 12.7 Å². The van der Waals surface area contributed by atoms with Gasteiger partial charge in [0.25, 0.3) is 0 Å². The van der Waals surface area contributed by atoms with Crippen LogP contribution in [0.2, 0.25) is 0 Å². The standard InChI is InChI=1S/C10H17N/c1-4-6-7-9-11-10(3)8-5-2/h2,4,10-11H,1,6-9H2,3H3. The summed E-state index contributed by atoms with van der Waals surface area (Å²) in [6, 6.07) is 0.449. The van der Waals surface area contributed by atoms with Gasteiger partial charge in [-0.3, -0.25) is 0 Å². The maximum absolute atomic E-state index is 5.15. The summed E-state index contributed by atoms with van der Waals surface area (Å²) in [6.07, 6.45) is 10.1. The molecule has 0 aromatic carbocycles. The van der Waals surface area contributed by atoms with Gasteiger partial charge in [-0.25, -0.2) is 0 Å². The van der Waals surface area contributed by atoms with Crippen LogP contribution in [0.3, 0.4) is 0 Å². The Labute approximate surface area is 69.9 Å². The molecule has 1 N–H and O–H groups in total. The van der Waals surface area contributed by atoms with E-state index in [2.05, 4.69) is 24.7 Å². The van der Waals surface area contributed by atoms with Crippen LogP contribution in [0.25, 0.3) is 0 Å². The van der Waals surface area contributed by atoms with Gasteiger partial charge in [0, 0.05) is 12.5 Å². The van der Waals surface area contributed by atoms with Crippen molar-refractivity contribution in [3.63, 3.8) is 0 Å². The summed E-state index contributed by atoms with van der Waals surface area (Å²) < 4.78 is 0.